The van der Waals surface area contributed by atoms with Gasteiger partial charge >= 0.3 is 17.4 Å². The molecule has 0 bridgehead atoms. The minimum absolute atomic E-state index is 0. The molecule has 2 nitrogen and oxygen atoms in total. The van der Waals surface area contributed by atoms with E-state index in [0.29, 0.717) is 0 Å². The molecule has 0 fully saturated rings. The van der Waals surface area contributed by atoms with Gasteiger partial charge in [-0.15, -0.1) is 0 Å². The van der Waals surface area contributed by atoms with E-state index < -0.39 is 0 Å². The molecule has 0 N–H and O–H groups in total. The number of carbonyl (C=O) groups is 2. The minimum Gasteiger partial charge on any atom is -1.00 e. The van der Waals surface area contributed by atoms with Crippen molar-refractivity contribution in [2.45, 2.75) is 20.3 Å². The van der Waals surface area contributed by atoms with Gasteiger partial charge in [0.2, 0.25) is 0 Å². The fourth-order valence-corrected chi connectivity index (χ4v) is 0.351. The van der Waals surface area contributed by atoms with Crippen molar-refractivity contribution in [2.75, 3.05) is 0 Å². The number of hydrogen-bond donors (Lipinski definition) is 0. The largest absolute Gasteiger partial charge is 3.00 e. The van der Waals surface area contributed by atoms with Gasteiger partial charge in [0.1, 0.15) is 11.6 Å². The summed E-state index contributed by atoms with van der Waals surface area (Å²) in [7, 11) is 0. The zero-order chi connectivity index (χ0) is 5.86. The molecule has 0 aromatic carbocycles. The number of rotatable bonds is 2. The maximum absolute atomic E-state index is 10.0. The van der Waals surface area contributed by atoms with Crippen molar-refractivity contribution in [3.05, 3.63) is 0 Å². The summed E-state index contributed by atoms with van der Waals surface area (Å²) in [6.45, 7) is 2.81. The van der Waals surface area contributed by atoms with Crippen LogP contribution >= 0.6 is 0 Å². The molecule has 0 heterocycles. The Hall–Kier alpha value is 0.742. The second-order valence-electron chi connectivity index (χ2n) is 1.58. The molecule has 6 heteroatoms. The molecule has 0 unspecified atom stereocenters. The first-order chi connectivity index (χ1) is 3.13. The van der Waals surface area contributed by atoms with Crippen LogP contribution in [0.1, 0.15) is 20.3 Å². The van der Waals surface area contributed by atoms with Crippen LogP contribution in [0.25, 0.3) is 0 Å². The van der Waals surface area contributed by atoms with Crippen LogP contribution in [0.3, 0.4) is 0 Å². The molecular weight excluding hydrogens is 250 g/mol. The van der Waals surface area contributed by atoms with Crippen molar-refractivity contribution in [1.29, 1.82) is 0 Å². The average molecular weight is 258 g/mol. The topological polar surface area (TPSA) is 34.1 Å². The smallest absolute Gasteiger partial charge is 1.00 e. The van der Waals surface area contributed by atoms with Crippen LogP contribution in [-0.2, 0) is 27.0 Å². The maximum Gasteiger partial charge on any atom is 3.00 e. The Kier molecular flexibility index (Phi) is 46.1. The zero-order valence-electron chi connectivity index (χ0n) is 6.07. The summed E-state index contributed by atoms with van der Waals surface area (Å²) in [5.74, 6) is -0.125. The summed E-state index contributed by atoms with van der Waals surface area (Å²) in [6, 6.07) is 0. The van der Waals surface area contributed by atoms with E-state index in [4.69, 9.17) is 0 Å². The van der Waals surface area contributed by atoms with Crippen molar-refractivity contribution in [2.24, 2.45) is 0 Å². The summed E-state index contributed by atoms with van der Waals surface area (Å²) in [4.78, 5) is 20.1. The third-order valence-electron chi connectivity index (χ3n) is 0.498. The summed E-state index contributed by atoms with van der Waals surface area (Å²) in [6.07, 6.45) is 0.0833. The van der Waals surface area contributed by atoms with Crippen molar-refractivity contribution in [3.63, 3.8) is 0 Å². The Morgan fingerprint density at radius 3 is 1.09 bits per heavy atom. The summed E-state index contributed by atoms with van der Waals surface area (Å²) in [5, 5.41) is 0. The molecular formula is C5H8Cl3CrO2. The van der Waals surface area contributed by atoms with Gasteiger partial charge in [-0.3, -0.25) is 9.59 Å². The van der Waals surface area contributed by atoms with Crippen LogP contribution in [0.15, 0.2) is 0 Å². The zero-order valence-corrected chi connectivity index (χ0v) is 9.61. The van der Waals surface area contributed by atoms with Gasteiger partial charge < -0.3 is 37.2 Å². The van der Waals surface area contributed by atoms with Gasteiger partial charge in [0, 0.05) is 0 Å². The van der Waals surface area contributed by atoms with Gasteiger partial charge in [0.25, 0.3) is 0 Å². The molecule has 0 aliphatic heterocycles. The molecule has 0 atom stereocenters. The Bertz CT molecular complexity index is 95.9. The minimum atomic E-state index is -0.0625. The van der Waals surface area contributed by atoms with Crippen LogP contribution in [0.5, 0.6) is 0 Å². The average Bonchev–Trinajstić information content (AvgIpc) is 1.27. The second-order valence-corrected chi connectivity index (χ2v) is 1.58. The first-order valence-electron chi connectivity index (χ1n) is 2.12. The molecule has 0 aliphatic carbocycles. The predicted octanol–water partition coefficient (Wildman–Crippen LogP) is -8.44. The number of halogens is 3. The molecule has 11 heavy (non-hydrogen) atoms. The second kappa shape index (κ2) is 17.0. The molecule has 0 aliphatic rings. The van der Waals surface area contributed by atoms with Gasteiger partial charge in [-0.25, -0.2) is 0 Å². The molecule has 0 rings (SSSR count). The normalized spacial score (nSPS) is 5.27. The van der Waals surface area contributed by atoms with E-state index in [0.717, 1.165) is 0 Å². The quantitative estimate of drug-likeness (QED) is 0.461. The van der Waals surface area contributed by atoms with Gasteiger partial charge in [-0.2, -0.15) is 0 Å². The third kappa shape index (κ3) is 36.5. The first-order valence-corrected chi connectivity index (χ1v) is 2.12. The predicted molar refractivity (Wildman–Crippen MR) is 26.0 cm³/mol. The Morgan fingerprint density at radius 2 is 1.09 bits per heavy atom. The van der Waals surface area contributed by atoms with Gasteiger partial charge in [-0.05, 0) is 13.8 Å². The van der Waals surface area contributed by atoms with Crippen molar-refractivity contribution in [3.8, 4) is 0 Å². The van der Waals surface area contributed by atoms with Crippen molar-refractivity contribution >= 4 is 11.6 Å². The van der Waals surface area contributed by atoms with E-state index >= 15 is 0 Å². The molecule has 0 amide bonds. The number of Topliss-reactive ketones (excluding diaryl/α,β-unsaturated/α-hetero) is 2. The standard InChI is InChI=1S/C5H8O2.3ClH.Cr/c1-4(6)3-5(2)7;;;;/h3H2,1-2H3;3*1H;/q;;;;+3/p-3. The van der Waals surface area contributed by atoms with E-state index in [2.05, 4.69) is 0 Å². The number of hydrogen-bond acceptors (Lipinski definition) is 2. The van der Waals surface area contributed by atoms with Crippen LogP contribution in [0.2, 0.25) is 0 Å². The van der Waals surface area contributed by atoms with Crippen LogP contribution in [0.4, 0.5) is 0 Å². The van der Waals surface area contributed by atoms with Crippen molar-refractivity contribution < 1.29 is 64.2 Å². The Labute approximate surface area is 95.9 Å². The molecule has 0 aromatic rings. The summed E-state index contributed by atoms with van der Waals surface area (Å²) < 4.78 is 0. The van der Waals surface area contributed by atoms with Crippen LogP contribution in [0, 0.1) is 0 Å². The molecule has 0 saturated carbocycles. The molecule has 67 valence electrons. The molecule has 0 aromatic heterocycles. The van der Waals surface area contributed by atoms with E-state index in [1.807, 2.05) is 0 Å². The number of ketones is 2. The van der Waals surface area contributed by atoms with Gasteiger partial charge in [0.05, 0.1) is 6.42 Å². The first kappa shape index (κ1) is 29.8. The molecule has 0 spiro atoms. The fraction of sp³-hybridized carbons (Fsp3) is 0.600. The van der Waals surface area contributed by atoms with E-state index in [9.17, 15) is 9.59 Å². The van der Waals surface area contributed by atoms with E-state index in [1.165, 1.54) is 13.8 Å². The molecule has 1 radical (unpaired) electrons. The van der Waals surface area contributed by atoms with Gasteiger partial charge in [0.15, 0.2) is 0 Å². The Balaban J connectivity index is -0.0000000300. The molecule has 0 saturated heterocycles. The van der Waals surface area contributed by atoms with Gasteiger partial charge in [-0.1, -0.05) is 0 Å². The monoisotopic (exact) mass is 257 g/mol. The van der Waals surface area contributed by atoms with E-state index in [1.54, 1.807) is 0 Å². The van der Waals surface area contributed by atoms with Crippen molar-refractivity contribution in [1.82, 2.24) is 0 Å². The Morgan fingerprint density at radius 1 is 0.909 bits per heavy atom. The summed E-state index contributed by atoms with van der Waals surface area (Å²) >= 11 is 0. The van der Waals surface area contributed by atoms with Crippen LogP contribution in [-0.4, -0.2) is 11.6 Å². The number of carbonyl (C=O) groups excluding carboxylic acids is 2. The summed E-state index contributed by atoms with van der Waals surface area (Å²) in [5.41, 5.74) is 0. The third-order valence-corrected chi connectivity index (χ3v) is 0.498. The van der Waals surface area contributed by atoms with E-state index in [-0.39, 0.29) is 72.6 Å². The SMILES string of the molecule is CC(=O)CC(C)=O.[Cl-].[Cl-].[Cl-].[Cr+3]. The fourth-order valence-electron chi connectivity index (χ4n) is 0.351. The van der Waals surface area contributed by atoms with Crippen LogP contribution < -0.4 is 37.2 Å². The maximum atomic E-state index is 10.0.